The Balaban J connectivity index is 2.02. The van der Waals surface area contributed by atoms with E-state index < -0.39 is 0 Å². The van der Waals surface area contributed by atoms with Gasteiger partial charge in [-0.3, -0.25) is 0 Å². The molecule has 0 atom stereocenters. The summed E-state index contributed by atoms with van der Waals surface area (Å²) in [6, 6.07) is 16.0. The fourth-order valence-electron chi connectivity index (χ4n) is 3.05. The summed E-state index contributed by atoms with van der Waals surface area (Å²) < 4.78 is 10.7. The van der Waals surface area contributed by atoms with Gasteiger partial charge in [0.25, 0.3) is 0 Å². The molecule has 3 aromatic rings. The van der Waals surface area contributed by atoms with Gasteiger partial charge in [0.05, 0.1) is 25.6 Å². The van der Waals surface area contributed by atoms with E-state index in [1.165, 1.54) is 0 Å². The zero-order valence-corrected chi connectivity index (χ0v) is 16.5. The van der Waals surface area contributed by atoms with E-state index in [1.807, 2.05) is 36.4 Å². The van der Waals surface area contributed by atoms with Crippen LogP contribution in [-0.4, -0.2) is 24.2 Å². The number of ether oxygens (including phenoxy) is 2. The van der Waals surface area contributed by atoms with Gasteiger partial charge in [-0.05, 0) is 60.0 Å². The topological polar surface area (TPSA) is 44.2 Å². The van der Waals surface area contributed by atoms with Gasteiger partial charge in [0.1, 0.15) is 17.8 Å². The molecule has 2 aromatic carbocycles. The van der Waals surface area contributed by atoms with Crippen LogP contribution in [0.25, 0.3) is 17.7 Å². The van der Waals surface area contributed by atoms with Crippen molar-refractivity contribution in [2.45, 2.75) is 13.3 Å². The molecular formula is C24H24N2O2. The number of hydrogen-bond donors (Lipinski definition) is 0. The maximum atomic E-state index is 5.34. The maximum absolute atomic E-state index is 5.34. The minimum Gasteiger partial charge on any atom is -0.497 e. The van der Waals surface area contributed by atoms with Gasteiger partial charge in [-0.2, -0.15) is 0 Å². The number of rotatable bonds is 7. The van der Waals surface area contributed by atoms with Crippen LogP contribution in [0.15, 0.2) is 61.4 Å². The molecule has 0 amide bonds. The van der Waals surface area contributed by atoms with Gasteiger partial charge in [-0.25, -0.2) is 9.97 Å². The fraction of sp³-hybridized carbons (Fsp3) is 0.167. The van der Waals surface area contributed by atoms with Crippen LogP contribution in [-0.2, 0) is 6.42 Å². The zero-order chi connectivity index (χ0) is 19.9. The van der Waals surface area contributed by atoms with Crippen LogP contribution in [0.2, 0.25) is 0 Å². The quantitative estimate of drug-likeness (QED) is 0.565. The second-order valence-electron chi connectivity index (χ2n) is 6.41. The van der Waals surface area contributed by atoms with Gasteiger partial charge in [0.2, 0.25) is 0 Å². The molecule has 1 aromatic heterocycles. The van der Waals surface area contributed by atoms with Crippen LogP contribution in [0.4, 0.5) is 0 Å². The third kappa shape index (κ3) is 4.46. The van der Waals surface area contributed by atoms with Gasteiger partial charge in [-0.1, -0.05) is 30.8 Å². The molecule has 0 unspecified atom stereocenters. The number of nitrogens with zero attached hydrogens (tertiary/aromatic N) is 2. The predicted molar refractivity (Wildman–Crippen MR) is 114 cm³/mol. The van der Waals surface area contributed by atoms with Gasteiger partial charge in [-0.15, -0.1) is 0 Å². The third-order valence-electron chi connectivity index (χ3n) is 4.58. The zero-order valence-electron chi connectivity index (χ0n) is 16.5. The largest absolute Gasteiger partial charge is 0.497 e. The van der Waals surface area contributed by atoms with Crippen molar-refractivity contribution in [1.29, 1.82) is 0 Å². The van der Waals surface area contributed by atoms with E-state index in [-0.39, 0.29) is 0 Å². The number of benzene rings is 2. The molecule has 0 radical (unpaired) electrons. The monoisotopic (exact) mass is 372 g/mol. The molecule has 1 heterocycles. The molecule has 0 saturated heterocycles. The Morgan fingerprint density at radius 3 is 2.43 bits per heavy atom. The van der Waals surface area contributed by atoms with Crippen LogP contribution in [0.3, 0.4) is 0 Å². The second-order valence-corrected chi connectivity index (χ2v) is 6.41. The van der Waals surface area contributed by atoms with Gasteiger partial charge < -0.3 is 9.47 Å². The van der Waals surface area contributed by atoms with Crippen molar-refractivity contribution in [3.8, 4) is 11.5 Å². The summed E-state index contributed by atoms with van der Waals surface area (Å²) >= 11 is 0. The van der Waals surface area contributed by atoms with Crippen molar-refractivity contribution in [1.82, 2.24) is 9.97 Å². The first-order valence-electron chi connectivity index (χ1n) is 9.06. The van der Waals surface area contributed by atoms with Crippen molar-refractivity contribution in [3.63, 3.8) is 0 Å². The first-order valence-corrected chi connectivity index (χ1v) is 9.06. The van der Waals surface area contributed by atoms with Crippen LogP contribution in [0.5, 0.6) is 11.5 Å². The maximum Gasteiger partial charge on any atom is 0.119 e. The molecule has 3 rings (SSSR count). The molecule has 0 bridgehead atoms. The summed E-state index contributed by atoms with van der Waals surface area (Å²) in [7, 11) is 3.34. The Morgan fingerprint density at radius 1 is 1.00 bits per heavy atom. The van der Waals surface area contributed by atoms with Crippen LogP contribution in [0.1, 0.15) is 35.0 Å². The number of hydrogen-bond acceptors (Lipinski definition) is 4. The molecular weight excluding hydrogens is 348 g/mol. The lowest BCUT2D eigenvalue weighted by atomic mass is 9.99. The molecule has 0 aliphatic rings. The lowest BCUT2D eigenvalue weighted by molar-refractivity contribution is 0.414. The highest BCUT2D eigenvalue weighted by molar-refractivity contribution is 5.83. The highest BCUT2D eigenvalue weighted by Crippen LogP contribution is 2.26. The van der Waals surface area contributed by atoms with Crippen LogP contribution >= 0.6 is 0 Å². The minimum atomic E-state index is 0.678. The Labute approximate surface area is 166 Å². The number of aromatic nitrogens is 2. The van der Waals surface area contributed by atoms with Gasteiger partial charge in [0.15, 0.2) is 0 Å². The Hall–Kier alpha value is -3.40. The first kappa shape index (κ1) is 19.4. The van der Waals surface area contributed by atoms with E-state index in [2.05, 4.69) is 41.7 Å². The smallest absolute Gasteiger partial charge is 0.119 e. The molecule has 4 nitrogen and oxygen atoms in total. The Morgan fingerprint density at radius 2 is 1.71 bits per heavy atom. The van der Waals surface area contributed by atoms with Crippen molar-refractivity contribution in [2.75, 3.05) is 14.2 Å². The Kier molecular flexibility index (Phi) is 6.22. The van der Waals surface area contributed by atoms with E-state index in [1.54, 1.807) is 26.6 Å². The molecule has 0 N–H and O–H groups in total. The molecule has 4 heteroatoms. The normalized spacial score (nSPS) is 11.2. The SMILES string of the molecule is C=Cc1ncnc(Cc2cccc(OC)c2)c1/C=C(\C)c1cccc(OC)c1. The summed E-state index contributed by atoms with van der Waals surface area (Å²) in [5.74, 6) is 1.66. The van der Waals surface area contributed by atoms with Gasteiger partial charge in [0, 0.05) is 12.0 Å². The van der Waals surface area contributed by atoms with Crippen molar-refractivity contribution in [2.24, 2.45) is 0 Å². The van der Waals surface area contributed by atoms with Gasteiger partial charge >= 0.3 is 0 Å². The molecule has 0 spiro atoms. The van der Waals surface area contributed by atoms with Crippen LogP contribution in [0, 0.1) is 0 Å². The second kappa shape index (κ2) is 9.00. The molecule has 0 fully saturated rings. The van der Waals surface area contributed by atoms with Crippen molar-refractivity contribution < 1.29 is 9.47 Å². The van der Waals surface area contributed by atoms with E-state index in [0.29, 0.717) is 6.42 Å². The molecule has 28 heavy (non-hydrogen) atoms. The first-order chi connectivity index (χ1) is 13.6. The molecule has 0 aliphatic carbocycles. The van der Waals surface area contributed by atoms with E-state index >= 15 is 0 Å². The molecule has 0 aliphatic heterocycles. The van der Waals surface area contributed by atoms with Crippen LogP contribution < -0.4 is 9.47 Å². The fourth-order valence-corrected chi connectivity index (χ4v) is 3.05. The average molecular weight is 372 g/mol. The van der Waals surface area contributed by atoms with E-state index in [9.17, 15) is 0 Å². The summed E-state index contributed by atoms with van der Waals surface area (Å²) in [5, 5.41) is 0. The predicted octanol–water partition coefficient (Wildman–Crippen LogP) is 5.29. The van der Waals surface area contributed by atoms with Crippen molar-refractivity contribution in [3.05, 3.63) is 89.5 Å². The lowest BCUT2D eigenvalue weighted by Crippen LogP contribution is -2.01. The minimum absolute atomic E-state index is 0.678. The summed E-state index contributed by atoms with van der Waals surface area (Å²) in [6.07, 6.45) is 6.14. The third-order valence-corrected chi connectivity index (χ3v) is 4.58. The van der Waals surface area contributed by atoms with E-state index in [4.69, 9.17) is 9.47 Å². The molecule has 142 valence electrons. The summed E-state index contributed by atoms with van der Waals surface area (Å²) in [6.45, 7) is 5.99. The molecule has 0 saturated carbocycles. The highest BCUT2D eigenvalue weighted by atomic mass is 16.5. The Bertz CT molecular complexity index is 1010. The highest BCUT2D eigenvalue weighted by Gasteiger charge is 2.10. The average Bonchev–Trinajstić information content (AvgIpc) is 2.75. The number of allylic oxidation sites excluding steroid dienone is 1. The summed E-state index contributed by atoms with van der Waals surface area (Å²) in [4.78, 5) is 8.94. The van der Waals surface area contributed by atoms with E-state index in [0.717, 1.165) is 45.2 Å². The van der Waals surface area contributed by atoms with Crippen molar-refractivity contribution >= 4 is 17.7 Å². The lowest BCUT2D eigenvalue weighted by Gasteiger charge is -2.11. The standard InChI is InChI=1S/C24H24N2O2/c1-5-23-22(12-17(2)19-9-7-11-21(15-19)28-4)24(26-16-25-23)14-18-8-6-10-20(13-18)27-3/h5-13,15-16H,1,14H2,2-4H3/b17-12+. The number of methoxy groups -OCH3 is 2. The summed E-state index contributed by atoms with van der Waals surface area (Å²) in [5.41, 5.74) is 6.05.